The fraction of sp³-hybridized carbons (Fsp3) is 0.731. The molecule has 178 valence electrons. The van der Waals surface area contributed by atoms with Gasteiger partial charge in [-0.1, -0.05) is 39.7 Å². The molecule has 0 spiro atoms. The monoisotopic (exact) mass is 461 g/mol. The van der Waals surface area contributed by atoms with Crippen molar-refractivity contribution in [3.8, 4) is 0 Å². The molecule has 1 aromatic rings. The molecule has 1 aromatic heterocycles. The molecule has 2 saturated heterocycles. The van der Waals surface area contributed by atoms with E-state index < -0.39 is 16.4 Å². The van der Waals surface area contributed by atoms with Crippen molar-refractivity contribution in [2.75, 3.05) is 6.61 Å². The zero-order valence-corrected chi connectivity index (χ0v) is 21.4. The topological polar surface area (TPSA) is 68.8 Å². The van der Waals surface area contributed by atoms with Crippen molar-refractivity contribution in [3.63, 3.8) is 0 Å². The number of thiazole rings is 1. The fourth-order valence-corrected chi connectivity index (χ4v) is 5.82. The number of esters is 1. The van der Waals surface area contributed by atoms with Gasteiger partial charge in [-0.25, -0.2) is 4.98 Å². The minimum atomic E-state index is -0.726. The Labute approximate surface area is 197 Å². The molecule has 0 amide bonds. The van der Waals surface area contributed by atoms with Crippen LogP contribution in [0.15, 0.2) is 18.0 Å². The fourth-order valence-electron chi connectivity index (χ4n) is 5.13. The summed E-state index contributed by atoms with van der Waals surface area (Å²) in [4.78, 5) is 30.3. The van der Waals surface area contributed by atoms with Gasteiger partial charge in [0.25, 0.3) is 0 Å². The summed E-state index contributed by atoms with van der Waals surface area (Å²) in [5.74, 6) is 0.412. The van der Waals surface area contributed by atoms with Crippen LogP contribution in [0.3, 0.4) is 0 Å². The number of aromatic nitrogens is 1. The minimum Gasteiger partial charge on any atom is -0.464 e. The van der Waals surface area contributed by atoms with Crippen LogP contribution < -0.4 is 0 Å². The van der Waals surface area contributed by atoms with E-state index in [0.717, 1.165) is 36.4 Å². The lowest BCUT2D eigenvalue weighted by atomic mass is 9.68. The quantitative estimate of drug-likeness (QED) is 0.310. The highest BCUT2D eigenvalue weighted by molar-refractivity contribution is 7.09. The number of cyclic esters (lactones) is 1. The molecule has 3 rings (SSSR count). The van der Waals surface area contributed by atoms with Crippen LogP contribution >= 0.6 is 11.3 Å². The summed E-state index contributed by atoms with van der Waals surface area (Å²) in [6, 6.07) is 0. The Balaban J connectivity index is 1.92. The number of aryl methyl sites for hydroxylation is 1. The standard InChI is InChI=1S/C26H39NO4S/c1-8-26(20-16-32-19(3)27-20)17-30-22(29)13-15-23(4,5)21(28)12-11-18(2)10-9-14-24(6)25(26,7)31-24/h8,16,18H,1,9-15,17H2,2-7H3. The van der Waals surface area contributed by atoms with Gasteiger partial charge < -0.3 is 9.47 Å². The lowest BCUT2D eigenvalue weighted by Crippen LogP contribution is -2.48. The van der Waals surface area contributed by atoms with Gasteiger partial charge in [-0.05, 0) is 46.0 Å². The maximum absolute atomic E-state index is 12.8. The predicted octanol–water partition coefficient (Wildman–Crippen LogP) is 5.94. The van der Waals surface area contributed by atoms with Crippen LogP contribution in [0.4, 0.5) is 0 Å². The van der Waals surface area contributed by atoms with Gasteiger partial charge in [0.05, 0.1) is 21.7 Å². The van der Waals surface area contributed by atoms with E-state index in [4.69, 9.17) is 14.5 Å². The van der Waals surface area contributed by atoms with Crippen molar-refractivity contribution < 1.29 is 19.1 Å². The first-order valence-electron chi connectivity index (χ1n) is 11.8. The highest BCUT2D eigenvalue weighted by Crippen LogP contribution is 2.61. The van der Waals surface area contributed by atoms with Crippen LogP contribution in [0.5, 0.6) is 0 Å². The third-order valence-electron chi connectivity index (χ3n) is 8.06. The first-order valence-corrected chi connectivity index (χ1v) is 12.7. The first-order chi connectivity index (χ1) is 14.9. The van der Waals surface area contributed by atoms with Crippen molar-refractivity contribution in [2.24, 2.45) is 11.3 Å². The van der Waals surface area contributed by atoms with E-state index >= 15 is 0 Å². The predicted molar refractivity (Wildman–Crippen MR) is 128 cm³/mol. The number of carbonyl (C=O) groups excluding carboxylic acids is 2. The Morgan fingerprint density at radius 3 is 2.50 bits per heavy atom. The molecule has 2 fully saturated rings. The summed E-state index contributed by atoms with van der Waals surface area (Å²) in [6.45, 7) is 16.6. The molecule has 3 heterocycles. The number of epoxide rings is 1. The van der Waals surface area contributed by atoms with Gasteiger partial charge in [-0.15, -0.1) is 17.9 Å². The number of fused-ring (bicyclic) bond motifs is 1. The van der Waals surface area contributed by atoms with E-state index in [1.165, 1.54) is 0 Å². The summed E-state index contributed by atoms with van der Waals surface area (Å²) in [5, 5.41) is 2.99. The summed E-state index contributed by atoms with van der Waals surface area (Å²) >= 11 is 1.58. The number of rotatable bonds is 2. The Morgan fingerprint density at radius 1 is 1.16 bits per heavy atom. The number of ether oxygens (including phenoxy) is 2. The first kappa shape index (κ1) is 25.1. The van der Waals surface area contributed by atoms with Crippen LogP contribution in [0.1, 0.15) is 90.3 Å². The number of carbonyl (C=O) groups is 2. The van der Waals surface area contributed by atoms with Crippen LogP contribution in [0, 0.1) is 18.3 Å². The Kier molecular flexibility index (Phi) is 7.07. The van der Waals surface area contributed by atoms with E-state index in [1.54, 1.807) is 11.3 Å². The second-order valence-electron chi connectivity index (χ2n) is 10.8. The van der Waals surface area contributed by atoms with Crippen LogP contribution in [-0.2, 0) is 24.5 Å². The molecule has 0 saturated carbocycles. The van der Waals surface area contributed by atoms with Crippen LogP contribution in [-0.4, -0.2) is 34.5 Å². The minimum absolute atomic E-state index is 0.134. The maximum atomic E-state index is 12.8. The number of ketones is 1. The molecule has 32 heavy (non-hydrogen) atoms. The molecule has 4 atom stereocenters. The average Bonchev–Trinajstić information content (AvgIpc) is 3.05. The lowest BCUT2D eigenvalue weighted by Gasteiger charge is -2.35. The molecule has 0 N–H and O–H groups in total. The smallest absolute Gasteiger partial charge is 0.305 e. The Bertz CT molecular complexity index is 877. The molecular formula is C26H39NO4S. The molecule has 2 aliphatic heterocycles. The maximum Gasteiger partial charge on any atom is 0.305 e. The van der Waals surface area contributed by atoms with Crippen molar-refractivity contribution in [2.45, 2.75) is 103 Å². The van der Waals surface area contributed by atoms with E-state index in [9.17, 15) is 9.59 Å². The highest BCUT2D eigenvalue weighted by Gasteiger charge is 2.73. The largest absolute Gasteiger partial charge is 0.464 e. The third kappa shape index (κ3) is 4.58. The molecule has 0 bridgehead atoms. The number of Topliss-reactive ketones (excluding diaryl/α,β-unsaturated/α-hetero) is 1. The SMILES string of the molecule is C=CC1(c2csc(C)n2)COC(=O)CCC(C)(C)C(=O)CCC(C)CCCC2(C)OC21C. The molecule has 0 radical (unpaired) electrons. The van der Waals surface area contributed by atoms with Crippen molar-refractivity contribution in [3.05, 3.63) is 28.7 Å². The van der Waals surface area contributed by atoms with E-state index in [1.807, 2.05) is 32.2 Å². The van der Waals surface area contributed by atoms with Gasteiger partial charge in [0.15, 0.2) is 0 Å². The second kappa shape index (κ2) is 9.02. The molecule has 6 heteroatoms. The second-order valence-corrected chi connectivity index (χ2v) is 11.9. The zero-order chi connectivity index (χ0) is 23.8. The zero-order valence-electron chi connectivity index (χ0n) is 20.6. The Hall–Kier alpha value is -1.53. The number of nitrogens with zero attached hydrogens (tertiary/aromatic N) is 1. The molecular weight excluding hydrogens is 422 g/mol. The van der Waals surface area contributed by atoms with Gasteiger partial charge in [0.1, 0.15) is 18.0 Å². The lowest BCUT2D eigenvalue weighted by molar-refractivity contribution is -0.146. The number of hydrogen-bond donors (Lipinski definition) is 0. The van der Waals surface area contributed by atoms with E-state index in [-0.39, 0.29) is 30.4 Å². The normalized spacial score (nSPS) is 36.8. The van der Waals surface area contributed by atoms with Gasteiger partial charge >= 0.3 is 5.97 Å². The summed E-state index contributed by atoms with van der Waals surface area (Å²) in [7, 11) is 0. The molecule has 0 aliphatic carbocycles. The van der Waals surface area contributed by atoms with Crippen molar-refractivity contribution in [1.82, 2.24) is 4.98 Å². The van der Waals surface area contributed by atoms with Crippen LogP contribution in [0.25, 0.3) is 0 Å². The Morgan fingerprint density at radius 2 is 1.88 bits per heavy atom. The van der Waals surface area contributed by atoms with Gasteiger partial charge in [0.2, 0.25) is 0 Å². The van der Waals surface area contributed by atoms with Gasteiger partial charge in [-0.3, -0.25) is 9.59 Å². The van der Waals surface area contributed by atoms with Crippen LogP contribution in [0.2, 0.25) is 0 Å². The van der Waals surface area contributed by atoms with Gasteiger partial charge in [0, 0.05) is 23.6 Å². The van der Waals surface area contributed by atoms with Crippen molar-refractivity contribution >= 4 is 23.1 Å². The summed E-state index contributed by atoms with van der Waals surface area (Å²) in [5.41, 5.74) is -1.31. The third-order valence-corrected chi connectivity index (χ3v) is 8.83. The van der Waals surface area contributed by atoms with Gasteiger partial charge in [-0.2, -0.15) is 0 Å². The van der Waals surface area contributed by atoms with E-state index in [2.05, 4.69) is 27.4 Å². The molecule has 0 aromatic carbocycles. The van der Waals surface area contributed by atoms with E-state index in [0.29, 0.717) is 18.8 Å². The molecule has 5 nitrogen and oxygen atoms in total. The van der Waals surface area contributed by atoms with Crippen molar-refractivity contribution in [1.29, 1.82) is 0 Å². The summed E-state index contributed by atoms with van der Waals surface area (Å²) < 4.78 is 12.3. The molecule has 2 aliphatic rings. The average molecular weight is 462 g/mol. The summed E-state index contributed by atoms with van der Waals surface area (Å²) in [6.07, 6.45) is 7.00. The highest BCUT2D eigenvalue weighted by atomic mass is 32.1. The number of hydrogen-bond acceptors (Lipinski definition) is 6. The molecule has 4 unspecified atom stereocenters.